The summed E-state index contributed by atoms with van der Waals surface area (Å²) < 4.78 is 1.49. The van der Waals surface area contributed by atoms with Crippen molar-refractivity contribution >= 4 is 52.3 Å². The quantitative estimate of drug-likeness (QED) is 0.485. The SMILES string of the molecule is O=C(Nc1nn(Cc2ccc(Cl)cc2Cl)cc1Cl)c1cc([N+](=O)[O-])[nH]n1. The molecule has 1 amide bonds. The van der Waals surface area contributed by atoms with Crippen LogP contribution in [0.5, 0.6) is 0 Å². The van der Waals surface area contributed by atoms with E-state index in [0.29, 0.717) is 16.6 Å². The summed E-state index contributed by atoms with van der Waals surface area (Å²) in [5, 5.41) is 24.1. The number of aromatic amines is 1. The third-order valence-corrected chi connectivity index (χ3v) is 4.15. The molecule has 9 nitrogen and oxygen atoms in total. The number of anilines is 1. The molecule has 0 aliphatic carbocycles. The van der Waals surface area contributed by atoms with Gasteiger partial charge in [0.1, 0.15) is 5.02 Å². The number of H-pyrrole nitrogens is 1. The lowest BCUT2D eigenvalue weighted by molar-refractivity contribution is -0.389. The molecule has 0 atom stereocenters. The zero-order valence-electron chi connectivity index (χ0n) is 12.7. The van der Waals surface area contributed by atoms with E-state index in [9.17, 15) is 14.9 Å². The Hall–Kier alpha value is -2.62. The van der Waals surface area contributed by atoms with E-state index in [1.54, 1.807) is 18.2 Å². The Bertz CT molecular complexity index is 1000. The Balaban J connectivity index is 1.75. The van der Waals surface area contributed by atoms with Crippen molar-refractivity contribution in [1.29, 1.82) is 0 Å². The fraction of sp³-hybridized carbons (Fsp3) is 0.0714. The fourth-order valence-electron chi connectivity index (χ4n) is 2.08. The highest BCUT2D eigenvalue weighted by Crippen LogP contribution is 2.24. The van der Waals surface area contributed by atoms with Gasteiger partial charge in [0.2, 0.25) is 0 Å². The number of hydrogen-bond donors (Lipinski definition) is 2. The van der Waals surface area contributed by atoms with E-state index in [1.165, 1.54) is 10.9 Å². The summed E-state index contributed by atoms with van der Waals surface area (Å²) in [5.74, 6) is -0.998. The van der Waals surface area contributed by atoms with Gasteiger partial charge in [-0.3, -0.25) is 9.48 Å². The maximum atomic E-state index is 12.1. The highest BCUT2D eigenvalue weighted by molar-refractivity contribution is 6.35. The number of carbonyl (C=O) groups is 1. The number of benzene rings is 1. The minimum Gasteiger partial charge on any atom is -0.358 e. The van der Waals surface area contributed by atoms with Gasteiger partial charge in [-0.05, 0) is 22.6 Å². The number of carbonyl (C=O) groups excluding carboxylic acids is 1. The van der Waals surface area contributed by atoms with Gasteiger partial charge in [-0.2, -0.15) is 5.10 Å². The first kappa shape index (κ1) is 18.2. The molecule has 0 radical (unpaired) electrons. The molecule has 0 bridgehead atoms. The van der Waals surface area contributed by atoms with E-state index < -0.39 is 16.6 Å². The van der Waals surface area contributed by atoms with E-state index in [2.05, 4.69) is 20.6 Å². The van der Waals surface area contributed by atoms with Gasteiger partial charge in [-0.15, -0.1) is 5.10 Å². The van der Waals surface area contributed by atoms with Crippen molar-refractivity contribution in [1.82, 2.24) is 20.0 Å². The molecule has 1 aromatic carbocycles. The molecule has 2 N–H and O–H groups in total. The summed E-state index contributed by atoms with van der Waals surface area (Å²) in [5.41, 5.74) is 0.596. The Morgan fingerprint density at radius 3 is 2.69 bits per heavy atom. The molecule has 0 aliphatic rings. The largest absolute Gasteiger partial charge is 0.358 e. The second kappa shape index (κ2) is 7.32. The summed E-state index contributed by atoms with van der Waals surface area (Å²) in [6.07, 6.45) is 1.51. The zero-order valence-corrected chi connectivity index (χ0v) is 15.0. The zero-order chi connectivity index (χ0) is 18.8. The molecule has 12 heteroatoms. The van der Waals surface area contributed by atoms with Gasteiger partial charge in [-0.25, -0.2) is 0 Å². The molecule has 0 saturated heterocycles. The first-order valence-corrected chi connectivity index (χ1v) is 8.15. The third kappa shape index (κ3) is 3.96. The highest BCUT2D eigenvalue weighted by atomic mass is 35.5. The van der Waals surface area contributed by atoms with Crippen LogP contribution in [-0.2, 0) is 6.54 Å². The van der Waals surface area contributed by atoms with Gasteiger partial charge in [0, 0.05) is 16.2 Å². The second-order valence-corrected chi connectivity index (χ2v) is 6.36. The molecular weight excluding hydrogens is 407 g/mol. The molecule has 2 aromatic heterocycles. The molecule has 0 aliphatic heterocycles. The first-order chi connectivity index (χ1) is 12.3. The van der Waals surface area contributed by atoms with Crippen LogP contribution in [0.1, 0.15) is 16.1 Å². The van der Waals surface area contributed by atoms with Gasteiger partial charge >= 0.3 is 5.82 Å². The number of amides is 1. The lowest BCUT2D eigenvalue weighted by Gasteiger charge is -2.05. The van der Waals surface area contributed by atoms with E-state index in [1.807, 2.05) is 0 Å². The van der Waals surface area contributed by atoms with E-state index >= 15 is 0 Å². The maximum Gasteiger partial charge on any atom is 0.343 e. The van der Waals surface area contributed by atoms with Crippen molar-refractivity contribution in [3.05, 3.63) is 66.9 Å². The van der Waals surface area contributed by atoms with Crippen molar-refractivity contribution in [2.45, 2.75) is 6.54 Å². The van der Waals surface area contributed by atoms with Crippen LogP contribution >= 0.6 is 34.8 Å². The molecule has 134 valence electrons. The second-order valence-electron chi connectivity index (χ2n) is 5.11. The fourth-order valence-corrected chi connectivity index (χ4v) is 2.75. The average Bonchev–Trinajstić information content (AvgIpc) is 3.18. The molecule has 0 fully saturated rings. The lowest BCUT2D eigenvalue weighted by atomic mass is 10.2. The monoisotopic (exact) mass is 414 g/mol. The highest BCUT2D eigenvalue weighted by Gasteiger charge is 2.19. The van der Waals surface area contributed by atoms with Crippen molar-refractivity contribution in [3.63, 3.8) is 0 Å². The normalized spacial score (nSPS) is 10.7. The first-order valence-electron chi connectivity index (χ1n) is 7.01. The average molecular weight is 416 g/mol. The summed E-state index contributed by atoms with van der Waals surface area (Å²) >= 11 is 18.1. The van der Waals surface area contributed by atoms with E-state index in [0.717, 1.165) is 11.6 Å². The summed E-state index contributed by atoms with van der Waals surface area (Å²) in [7, 11) is 0. The molecule has 3 rings (SSSR count). The third-order valence-electron chi connectivity index (χ3n) is 3.29. The molecule has 2 heterocycles. The number of rotatable bonds is 5. The lowest BCUT2D eigenvalue weighted by Crippen LogP contribution is -2.13. The van der Waals surface area contributed by atoms with Crippen LogP contribution in [-0.4, -0.2) is 30.8 Å². The van der Waals surface area contributed by atoms with Gasteiger partial charge in [0.05, 0.1) is 12.6 Å². The molecule has 0 saturated carbocycles. The Morgan fingerprint density at radius 1 is 1.27 bits per heavy atom. The standard InChI is InChI=1S/C14H9Cl3N6O3/c15-8-2-1-7(9(16)3-8)5-22-6-10(17)13(21-22)18-14(24)11-4-12(20-19-11)23(25)26/h1-4,6H,5H2,(H,19,20)(H,18,21,24). The number of nitrogens with one attached hydrogen (secondary N) is 2. The number of hydrogen-bond acceptors (Lipinski definition) is 5. The molecular formula is C14H9Cl3N6O3. The Kier molecular flexibility index (Phi) is 5.12. The van der Waals surface area contributed by atoms with Crippen LogP contribution < -0.4 is 5.32 Å². The van der Waals surface area contributed by atoms with Crippen molar-refractivity contribution < 1.29 is 9.72 Å². The molecule has 0 unspecified atom stereocenters. The summed E-state index contributed by atoms with van der Waals surface area (Å²) in [6.45, 7) is 0.305. The van der Waals surface area contributed by atoms with Crippen molar-refractivity contribution in [3.8, 4) is 0 Å². The minimum atomic E-state index is -0.693. The number of nitro groups is 1. The predicted molar refractivity (Wildman–Crippen MR) is 96.0 cm³/mol. The van der Waals surface area contributed by atoms with Crippen LogP contribution in [0, 0.1) is 10.1 Å². The Labute approximate surface area is 161 Å². The number of halogens is 3. The summed E-state index contributed by atoms with van der Waals surface area (Å²) in [6, 6.07) is 6.06. The van der Waals surface area contributed by atoms with Crippen LogP contribution in [0.15, 0.2) is 30.5 Å². The number of aromatic nitrogens is 4. The number of nitrogens with zero attached hydrogens (tertiary/aromatic N) is 4. The molecule has 26 heavy (non-hydrogen) atoms. The maximum absolute atomic E-state index is 12.1. The van der Waals surface area contributed by atoms with E-state index in [-0.39, 0.29) is 16.5 Å². The van der Waals surface area contributed by atoms with Crippen LogP contribution in [0.25, 0.3) is 0 Å². The van der Waals surface area contributed by atoms with Crippen molar-refractivity contribution in [2.75, 3.05) is 5.32 Å². The van der Waals surface area contributed by atoms with E-state index in [4.69, 9.17) is 34.8 Å². The molecule has 0 spiro atoms. The smallest absolute Gasteiger partial charge is 0.343 e. The van der Waals surface area contributed by atoms with Crippen LogP contribution in [0.4, 0.5) is 11.6 Å². The van der Waals surface area contributed by atoms with Gasteiger partial charge in [0.25, 0.3) is 5.91 Å². The Morgan fingerprint density at radius 2 is 2.04 bits per heavy atom. The van der Waals surface area contributed by atoms with Gasteiger partial charge < -0.3 is 15.4 Å². The minimum absolute atomic E-state index is 0.0902. The van der Waals surface area contributed by atoms with Crippen LogP contribution in [0.3, 0.4) is 0 Å². The molecule has 3 aromatic rings. The van der Waals surface area contributed by atoms with Gasteiger partial charge in [0.15, 0.2) is 11.5 Å². The predicted octanol–water partition coefficient (Wildman–Crippen LogP) is 3.78. The van der Waals surface area contributed by atoms with Gasteiger partial charge in [-0.1, -0.05) is 46.0 Å². The topological polar surface area (TPSA) is 119 Å². The van der Waals surface area contributed by atoms with Crippen LogP contribution in [0.2, 0.25) is 15.1 Å². The summed E-state index contributed by atoms with van der Waals surface area (Å²) in [4.78, 5) is 22.0. The van der Waals surface area contributed by atoms with Crippen molar-refractivity contribution in [2.24, 2.45) is 0 Å².